The molecule has 0 aliphatic carbocycles. The van der Waals surface area contributed by atoms with Gasteiger partial charge in [-0.25, -0.2) is 4.98 Å². The quantitative estimate of drug-likeness (QED) is 0.764. The standard InChI is InChI=1S/C10H16N2O2/c1-2-12-7-9(11-8-12)10(13)3-5-14-6-4-10/h7-8,13H,2-6H2,1H3. The second-order valence-corrected chi connectivity index (χ2v) is 3.73. The molecule has 1 aromatic heterocycles. The molecule has 0 radical (unpaired) electrons. The molecule has 1 aliphatic rings. The van der Waals surface area contributed by atoms with Crippen molar-refractivity contribution in [3.63, 3.8) is 0 Å². The van der Waals surface area contributed by atoms with Crippen molar-refractivity contribution in [3.8, 4) is 0 Å². The number of rotatable bonds is 2. The molecule has 4 nitrogen and oxygen atoms in total. The Balaban J connectivity index is 2.19. The third kappa shape index (κ3) is 1.67. The van der Waals surface area contributed by atoms with Crippen LogP contribution >= 0.6 is 0 Å². The lowest BCUT2D eigenvalue weighted by Crippen LogP contribution is -2.33. The van der Waals surface area contributed by atoms with Gasteiger partial charge in [0, 0.05) is 38.8 Å². The summed E-state index contributed by atoms with van der Waals surface area (Å²) in [6, 6.07) is 0. The van der Waals surface area contributed by atoms with E-state index < -0.39 is 5.60 Å². The van der Waals surface area contributed by atoms with Crippen LogP contribution in [0.4, 0.5) is 0 Å². The van der Waals surface area contributed by atoms with E-state index in [-0.39, 0.29) is 0 Å². The van der Waals surface area contributed by atoms with Crippen molar-refractivity contribution in [2.45, 2.75) is 31.9 Å². The van der Waals surface area contributed by atoms with Gasteiger partial charge in [0.25, 0.3) is 0 Å². The number of nitrogens with zero attached hydrogens (tertiary/aromatic N) is 2. The molecule has 1 aliphatic heterocycles. The SMILES string of the molecule is CCn1cnc(C2(O)CCOCC2)c1. The fourth-order valence-electron chi connectivity index (χ4n) is 1.74. The van der Waals surface area contributed by atoms with Crippen molar-refractivity contribution >= 4 is 0 Å². The molecule has 78 valence electrons. The largest absolute Gasteiger partial charge is 0.383 e. The third-order valence-corrected chi connectivity index (χ3v) is 2.80. The molecule has 2 heterocycles. The Labute approximate surface area is 83.5 Å². The fraction of sp³-hybridized carbons (Fsp3) is 0.700. The van der Waals surface area contributed by atoms with Crippen molar-refractivity contribution in [3.05, 3.63) is 18.2 Å². The number of aliphatic hydroxyl groups is 1. The summed E-state index contributed by atoms with van der Waals surface area (Å²) in [6.45, 7) is 4.18. The van der Waals surface area contributed by atoms with Crippen LogP contribution in [0.1, 0.15) is 25.5 Å². The molecule has 1 fully saturated rings. The summed E-state index contributed by atoms with van der Waals surface area (Å²) in [5, 5.41) is 10.3. The summed E-state index contributed by atoms with van der Waals surface area (Å²) in [4.78, 5) is 4.24. The van der Waals surface area contributed by atoms with Gasteiger partial charge in [0.1, 0.15) is 5.60 Å². The van der Waals surface area contributed by atoms with Crippen LogP contribution in [0.5, 0.6) is 0 Å². The molecule has 1 saturated heterocycles. The van der Waals surface area contributed by atoms with Crippen LogP contribution in [-0.4, -0.2) is 27.9 Å². The molecule has 4 heteroatoms. The van der Waals surface area contributed by atoms with Gasteiger partial charge < -0.3 is 14.4 Å². The van der Waals surface area contributed by atoms with E-state index in [2.05, 4.69) is 11.9 Å². The summed E-state index contributed by atoms with van der Waals surface area (Å²) >= 11 is 0. The van der Waals surface area contributed by atoms with Crippen molar-refractivity contribution < 1.29 is 9.84 Å². The van der Waals surface area contributed by atoms with Gasteiger partial charge in [-0.2, -0.15) is 0 Å². The van der Waals surface area contributed by atoms with Crippen LogP contribution in [0.2, 0.25) is 0 Å². The summed E-state index contributed by atoms with van der Waals surface area (Å²) in [6.07, 6.45) is 4.98. The molecule has 0 saturated carbocycles. The maximum atomic E-state index is 10.3. The predicted molar refractivity (Wildman–Crippen MR) is 51.9 cm³/mol. The topological polar surface area (TPSA) is 47.3 Å². The molecule has 2 rings (SSSR count). The van der Waals surface area contributed by atoms with Crippen molar-refractivity contribution in [1.29, 1.82) is 0 Å². The van der Waals surface area contributed by atoms with E-state index in [0.29, 0.717) is 26.1 Å². The maximum absolute atomic E-state index is 10.3. The van der Waals surface area contributed by atoms with E-state index >= 15 is 0 Å². The number of imidazole rings is 1. The van der Waals surface area contributed by atoms with Gasteiger partial charge in [0.15, 0.2) is 0 Å². The average Bonchev–Trinajstić information content (AvgIpc) is 2.67. The molecule has 0 unspecified atom stereocenters. The Bertz CT molecular complexity index is 303. The molecule has 0 amide bonds. The molecular formula is C10H16N2O2. The van der Waals surface area contributed by atoms with Gasteiger partial charge in [0.05, 0.1) is 12.0 Å². The van der Waals surface area contributed by atoms with Crippen LogP contribution in [0.25, 0.3) is 0 Å². The maximum Gasteiger partial charge on any atom is 0.112 e. The van der Waals surface area contributed by atoms with E-state index in [9.17, 15) is 5.11 Å². The van der Waals surface area contributed by atoms with Gasteiger partial charge in [-0.15, -0.1) is 0 Å². The highest BCUT2D eigenvalue weighted by Gasteiger charge is 2.33. The first-order valence-electron chi connectivity index (χ1n) is 5.07. The highest BCUT2D eigenvalue weighted by atomic mass is 16.5. The van der Waals surface area contributed by atoms with Crippen LogP contribution < -0.4 is 0 Å². The molecule has 0 spiro atoms. The Morgan fingerprint density at radius 3 is 2.86 bits per heavy atom. The van der Waals surface area contributed by atoms with Gasteiger partial charge in [-0.05, 0) is 6.92 Å². The number of aryl methyl sites for hydroxylation is 1. The molecule has 0 atom stereocenters. The number of aromatic nitrogens is 2. The van der Waals surface area contributed by atoms with Crippen LogP contribution in [-0.2, 0) is 16.9 Å². The summed E-state index contributed by atoms with van der Waals surface area (Å²) in [7, 11) is 0. The van der Waals surface area contributed by atoms with E-state index in [1.165, 1.54) is 0 Å². The van der Waals surface area contributed by atoms with Gasteiger partial charge in [-0.1, -0.05) is 0 Å². The van der Waals surface area contributed by atoms with Crippen LogP contribution in [0.3, 0.4) is 0 Å². The number of hydrogen-bond acceptors (Lipinski definition) is 3. The normalized spacial score (nSPS) is 21.0. The van der Waals surface area contributed by atoms with Gasteiger partial charge in [0.2, 0.25) is 0 Å². The third-order valence-electron chi connectivity index (χ3n) is 2.80. The Morgan fingerprint density at radius 1 is 1.57 bits per heavy atom. The monoisotopic (exact) mass is 196 g/mol. The highest BCUT2D eigenvalue weighted by Crippen LogP contribution is 2.30. The number of hydrogen-bond donors (Lipinski definition) is 1. The second kappa shape index (κ2) is 3.71. The zero-order valence-electron chi connectivity index (χ0n) is 8.44. The second-order valence-electron chi connectivity index (χ2n) is 3.73. The lowest BCUT2D eigenvalue weighted by molar-refractivity contribution is -0.0703. The molecule has 0 bridgehead atoms. The summed E-state index contributed by atoms with van der Waals surface area (Å²) in [5.74, 6) is 0. The molecular weight excluding hydrogens is 180 g/mol. The van der Waals surface area contributed by atoms with E-state index in [1.807, 2.05) is 10.8 Å². The van der Waals surface area contributed by atoms with Crippen molar-refractivity contribution in [1.82, 2.24) is 9.55 Å². The van der Waals surface area contributed by atoms with Crippen molar-refractivity contribution in [2.75, 3.05) is 13.2 Å². The Kier molecular flexibility index (Phi) is 2.56. The van der Waals surface area contributed by atoms with E-state index in [4.69, 9.17) is 4.74 Å². The minimum atomic E-state index is -0.765. The molecule has 14 heavy (non-hydrogen) atoms. The first-order chi connectivity index (χ1) is 6.74. The Hall–Kier alpha value is -0.870. The first-order valence-corrected chi connectivity index (χ1v) is 5.07. The zero-order valence-corrected chi connectivity index (χ0v) is 8.44. The number of ether oxygens (including phenoxy) is 1. The van der Waals surface area contributed by atoms with Gasteiger partial charge >= 0.3 is 0 Å². The smallest absolute Gasteiger partial charge is 0.112 e. The fourth-order valence-corrected chi connectivity index (χ4v) is 1.74. The van der Waals surface area contributed by atoms with E-state index in [0.717, 1.165) is 12.2 Å². The summed E-state index contributed by atoms with van der Waals surface area (Å²) < 4.78 is 7.20. The van der Waals surface area contributed by atoms with Crippen molar-refractivity contribution in [2.24, 2.45) is 0 Å². The zero-order chi connectivity index (χ0) is 10.0. The minimum absolute atomic E-state index is 0.621. The molecule has 1 N–H and O–H groups in total. The lowest BCUT2D eigenvalue weighted by Gasteiger charge is -2.30. The lowest BCUT2D eigenvalue weighted by atomic mass is 9.91. The first kappa shape index (κ1) is 9.68. The molecule has 1 aromatic rings. The average molecular weight is 196 g/mol. The minimum Gasteiger partial charge on any atom is -0.383 e. The van der Waals surface area contributed by atoms with Crippen LogP contribution in [0, 0.1) is 0 Å². The van der Waals surface area contributed by atoms with Crippen LogP contribution in [0.15, 0.2) is 12.5 Å². The van der Waals surface area contributed by atoms with E-state index in [1.54, 1.807) is 6.33 Å². The summed E-state index contributed by atoms with van der Waals surface area (Å²) in [5.41, 5.74) is 0.0150. The Morgan fingerprint density at radius 2 is 2.29 bits per heavy atom. The molecule has 0 aromatic carbocycles. The predicted octanol–water partition coefficient (Wildman–Crippen LogP) is 0.901. The highest BCUT2D eigenvalue weighted by molar-refractivity contribution is 5.10. The van der Waals surface area contributed by atoms with Gasteiger partial charge in [-0.3, -0.25) is 0 Å².